The van der Waals surface area contributed by atoms with E-state index < -0.39 is 0 Å². The summed E-state index contributed by atoms with van der Waals surface area (Å²) in [5.74, 6) is 0.129. The highest BCUT2D eigenvalue weighted by molar-refractivity contribution is 5.83. The summed E-state index contributed by atoms with van der Waals surface area (Å²) in [5, 5.41) is 5.94. The predicted octanol–water partition coefficient (Wildman–Crippen LogP) is 0.113. The van der Waals surface area contributed by atoms with Gasteiger partial charge in [-0.15, -0.1) is 0 Å². The van der Waals surface area contributed by atoms with Gasteiger partial charge in [0.1, 0.15) is 0 Å². The summed E-state index contributed by atoms with van der Waals surface area (Å²) < 4.78 is 0. The molecule has 1 aliphatic heterocycles. The van der Waals surface area contributed by atoms with Gasteiger partial charge in [-0.1, -0.05) is 0 Å². The zero-order valence-electron chi connectivity index (χ0n) is 10.8. The van der Waals surface area contributed by atoms with Crippen LogP contribution in [-0.2, 0) is 9.59 Å². The van der Waals surface area contributed by atoms with Gasteiger partial charge in [-0.05, 0) is 33.2 Å². The first-order valence-corrected chi connectivity index (χ1v) is 6.47. The first-order chi connectivity index (χ1) is 8.19. The Morgan fingerprint density at radius 3 is 2.59 bits per heavy atom. The van der Waals surface area contributed by atoms with E-state index in [1.807, 2.05) is 13.8 Å². The Bertz CT molecular complexity index is 244. The zero-order valence-corrected chi connectivity index (χ0v) is 10.8. The lowest BCUT2D eigenvalue weighted by Gasteiger charge is -2.19. The van der Waals surface area contributed by atoms with Crippen LogP contribution in [0.15, 0.2) is 0 Å². The standard InChI is InChI=1S/C12H23N3O2/c1-3-15(4-2)11(16)7-9-14-12(17)10-6-5-8-13-10/h10,13H,3-9H2,1-2H3,(H,14,17)/t10-/m1/s1. The largest absolute Gasteiger partial charge is 0.354 e. The zero-order chi connectivity index (χ0) is 12.7. The number of rotatable bonds is 6. The summed E-state index contributed by atoms with van der Waals surface area (Å²) >= 11 is 0. The molecule has 1 saturated heterocycles. The minimum absolute atomic E-state index is 0.0230. The van der Waals surface area contributed by atoms with Gasteiger partial charge in [0.2, 0.25) is 11.8 Å². The summed E-state index contributed by atoms with van der Waals surface area (Å²) in [6.07, 6.45) is 2.34. The number of carbonyl (C=O) groups is 2. The molecule has 98 valence electrons. The summed E-state index contributed by atoms with van der Waals surface area (Å²) in [4.78, 5) is 25.1. The Morgan fingerprint density at radius 2 is 2.06 bits per heavy atom. The van der Waals surface area contributed by atoms with Gasteiger partial charge in [0.25, 0.3) is 0 Å². The molecule has 1 atom stereocenters. The third-order valence-corrected chi connectivity index (χ3v) is 3.13. The predicted molar refractivity (Wildman–Crippen MR) is 66.6 cm³/mol. The first kappa shape index (κ1) is 14.0. The molecule has 0 unspecified atom stereocenters. The molecule has 1 aliphatic rings. The molecule has 0 aliphatic carbocycles. The molecule has 1 rings (SSSR count). The van der Waals surface area contributed by atoms with E-state index in [1.54, 1.807) is 4.90 Å². The third-order valence-electron chi connectivity index (χ3n) is 3.13. The number of hydrogen-bond acceptors (Lipinski definition) is 3. The van der Waals surface area contributed by atoms with Gasteiger partial charge in [0.15, 0.2) is 0 Å². The summed E-state index contributed by atoms with van der Waals surface area (Å²) in [7, 11) is 0. The minimum atomic E-state index is -0.0569. The third kappa shape index (κ3) is 4.34. The Balaban J connectivity index is 2.18. The fourth-order valence-electron chi connectivity index (χ4n) is 2.06. The van der Waals surface area contributed by atoms with Gasteiger partial charge in [-0.25, -0.2) is 0 Å². The first-order valence-electron chi connectivity index (χ1n) is 6.47. The lowest BCUT2D eigenvalue weighted by molar-refractivity contribution is -0.130. The Hall–Kier alpha value is -1.10. The molecule has 2 N–H and O–H groups in total. The molecule has 0 spiro atoms. The molecule has 1 heterocycles. The number of nitrogens with zero attached hydrogens (tertiary/aromatic N) is 1. The molecule has 0 saturated carbocycles. The van der Waals surface area contributed by atoms with Gasteiger partial charge in [-0.3, -0.25) is 9.59 Å². The van der Waals surface area contributed by atoms with Crippen molar-refractivity contribution in [3.63, 3.8) is 0 Å². The summed E-state index contributed by atoms with van der Waals surface area (Å²) in [6, 6.07) is -0.0569. The highest BCUT2D eigenvalue weighted by Gasteiger charge is 2.21. The molecule has 17 heavy (non-hydrogen) atoms. The molecule has 0 aromatic heterocycles. The second-order valence-electron chi connectivity index (χ2n) is 4.26. The lowest BCUT2D eigenvalue weighted by Crippen LogP contribution is -2.42. The Kier molecular flexibility index (Phi) is 5.97. The van der Waals surface area contributed by atoms with Crippen LogP contribution in [0.4, 0.5) is 0 Å². The Morgan fingerprint density at radius 1 is 1.35 bits per heavy atom. The maximum Gasteiger partial charge on any atom is 0.237 e. The van der Waals surface area contributed by atoms with Crippen LogP contribution in [-0.4, -0.2) is 48.9 Å². The monoisotopic (exact) mass is 241 g/mol. The normalized spacial score (nSPS) is 19.1. The van der Waals surface area contributed by atoms with Crippen LogP contribution in [0.5, 0.6) is 0 Å². The summed E-state index contributed by atoms with van der Waals surface area (Å²) in [5.41, 5.74) is 0. The van der Waals surface area contributed by atoms with Crippen LogP contribution in [0, 0.1) is 0 Å². The molecule has 1 fully saturated rings. The average molecular weight is 241 g/mol. The van der Waals surface area contributed by atoms with Crippen molar-refractivity contribution in [3.05, 3.63) is 0 Å². The van der Waals surface area contributed by atoms with E-state index in [9.17, 15) is 9.59 Å². The van der Waals surface area contributed by atoms with Crippen molar-refractivity contribution in [2.45, 2.75) is 39.2 Å². The van der Waals surface area contributed by atoms with Crippen molar-refractivity contribution >= 4 is 11.8 Å². The number of amides is 2. The molecule has 5 nitrogen and oxygen atoms in total. The van der Waals surface area contributed by atoms with Crippen molar-refractivity contribution in [2.24, 2.45) is 0 Å². The van der Waals surface area contributed by atoms with E-state index in [0.717, 1.165) is 32.5 Å². The molecule has 0 bridgehead atoms. The molecule has 0 radical (unpaired) electrons. The number of hydrogen-bond donors (Lipinski definition) is 2. The van der Waals surface area contributed by atoms with Crippen LogP contribution in [0.1, 0.15) is 33.1 Å². The number of carbonyl (C=O) groups excluding carboxylic acids is 2. The van der Waals surface area contributed by atoms with Crippen LogP contribution in [0.25, 0.3) is 0 Å². The van der Waals surface area contributed by atoms with E-state index in [2.05, 4.69) is 10.6 Å². The van der Waals surface area contributed by atoms with Crippen molar-refractivity contribution in [1.82, 2.24) is 15.5 Å². The van der Waals surface area contributed by atoms with Gasteiger partial charge < -0.3 is 15.5 Å². The van der Waals surface area contributed by atoms with E-state index in [0.29, 0.717) is 13.0 Å². The number of nitrogens with one attached hydrogen (secondary N) is 2. The van der Waals surface area contributed by atoms with Crippen LogP contribution < -0.4 is 10.6 Å². The van der Waals surface area contributed by atoms with Crippen LogP contribution >= 0.6 is 0 Å². The van der Waals surface area contributed by atoms with Crippen molar-refractivity contribution in [3.8, 4) is 0 Å². The smallest absolute Gasteiger partial charge is 0.237 e. The fraction of sp³-hybridized carbons (Fsp3) is 0.833. The van der Waals surface area contributed by atoms with E-state index >= 15 is 0 Å². The topological polar surface area (TPSA) is 61.4 Å². The molecule has 0 aromatic carbocycles. The van der Waals surface area contributed by atoms with Crippen molar-refractivity contribution in [2.75, 3.05) is 26.2 Å². The molecule has 2 amide bonds. The Labute approximate surface area is 103 Å². The maximum atomic E-state index is 11.7. The van der Waals surface area contributed by atoms with Gasteiger partial charge in [0.05, 0.1) is 6.04 Å². The highest BCUT2D eigenvalue weighted by atomic mass is 16.2. The summed E-state index contributed by atoms with van der Waals surface area (Å²) in [6.45, 7) is 6.73. The van der Waals surface area contributed by atoms with Crippen molar-refractivity contribution < 1.29 is 9.59 Å². The van der Waals surface area contributed by atoms with Gasteiger partial charge >= 0.3 is 0 Å². The molecule has 0 aromatic rings. The second-order valence-corrected chi connectivity index (χ2v) is 4.26. The van der Waals surface area contributed by atoms with Crippen molar-refractivity contribution in [1.29, 1.82) is 0 Å². The second kappa shape index (κ2) is 7.27. The van der Waals surface area contributed by atoms with Gasteiger partial charge in [-0.2, -0.15) is 0 Å². The SMILES string of the molecule is CCN(CC)C(=O)CCNC(=O)[C@H]1CCCN1. The highest BCUT2D eigenvalue weighted by Crippen LogP contribution is 2.04. The quantitative estimate of drug-likeness (QED) is 0.694. The maximum absolute atomic E-state index is 11.7. The molecular formula is C12H23N3O2. The van der Waals surface area contributed by atoms with E-state index in [4.69, 9.17) is 0 Å². The van der Waals surface area contributed by atoms with E-state index in [1.165, 1.54) is 0 Å². The minimum Gasteiger partial charge on any atom is -0.354 e. The average Bonchev–Trinajstić information content (AvgIpc) is 2.84. The van der Waals surface area contributed by atoms with Crippen LogP contribution in [0.3, 0.4) is 0 Å². The van der Waals surface area contributed by atoms with E-state index in [-0.39, 0.29) is 17.9 Å². The van der Waals surface area contributed by atoms with Crippen LogP contribution in [0.2, 0.25) is 0 Å². The van der Waals surface area contributed by atoms with Gasteiger partial charge in [0, 0.05) is 26.1 Å². The molecule has 5 heteroatoms. The molecular weight excluding hydrogens is 218 g/mol. The lowest BCUT2D eigenvalue weighted by atomic mass is 10.2. The fourth-order valence-corrected chi connectivity index (χ4v) is 2.06.